The van der Waals surface area contributed by atoms with Crippen molar-refractivity contribution in [2.45, 2.75) is 12.8 Å². The van der Waals surface area contributed by atoms with Crippen molar-refractivity contribution in [3.05, 3.63) is 29.4 Å². The Morgan fingerprint density at radius 1 is 1.20 bits per heavy atom. The number of fused-ring (bicyclic) bond motifs is 2. The van der Waals surface area contributed by atoms with E-state index in [-0.39, 0.29) is 0 Å². The van der Waals surface area contributed by atoms with Crippen molar-refractivity contribution < 1.29 is 0 Å². The largest absolute Gasteiger partial charge is 0.377 e. The Hall–Kier alpha value is -1.09. The summed E-state index contributed by atoms with van der Waals surface area (Å²) in [5.74, 6) is 0.629. The fourth-order valence-electron chi connectivity index (χ4n) is 2.41. The number of nitrogens with zero attached hydrogens (tertiary/aromatic N) is 3. The van der Waals surface area contributed by atoms with E-state index in [1.165, 1.54) is 31.5 Å². The third kappa shape index (κ3) is 1.51. The fraction of sp³-hybridized carbons (Fsp3) is 0.455. The van der Waals surface area contributed by atoms with Crippen molar-refractivity contribution >= 4 is 17.2 Å². The quantitative estimate of drug-likeness (QED) is 0.728. The number of rotatable bonds is 1. The average Bonchev–Trinajstić information content (AvgIpc) is 2.31. The number of allylic oxidation sites excluding steroid dienone is 1. The second kappa shape index (κ2) is 3.49. The van der Waals surface area contributed by atoms with Crippen LogP contribution in [0.4, 0.5) is 0 Å². The molecule has 0 aliphatic carbocycles. The van der Waals surface area contributed by atoms with E-state index >= 15 is 0 Å². The van der Waals surface area contributed by atoms with Crippen LogP contribution in [0.15, 0.2) is 18.6 Å². The zero-order valence-corrected chi connectivity index (χ0v) is 9.11. The van der Waals surface area contributed by atoms with Gasteiger partial charge in [0.2, 0.25) is 0 Å². The summed E-state index contributed by atoms with van der Waals surface area (Å²) < 4.78 is 0. The molecule has 1 saturated heterocycles. The molecule has 3 aliphatic rings. The Labute approximate surface area is 93.8 Å². The lowest BCUT2D eigenvalue weighted by atomic mass is 9.84. The molecule has 0 saturated carbocycles. The van der Waals surface area contributed by atoms with E-state index in [0.29, 0.717) is 11.1 Å². The van der Waals surface area contributed by atoms with Gasteiger partial charge in [-0.3, -0.25) is 4.98 Å². The van der Waals surface area contributed by atoms with Gasteiger partial charge < -0.3 is 4.90 Å². The van der Waals surface area contributed by atoms with E-state index < -0.39 is 0 Å². The standard InChI is InChI=1S/C11H12ClN3/c12-11-10(13-3-4-14-11)9-7-15-5-1-8(9)2-6-15/h3-4,7-8H,1-2,5-6H2. The van der Waals surface area contributed by atoms with Crippen LogP contribution in [0.3, 0.4) is 0 Å². The van der Waals surface area contributed by atoms with Crippen LogP contribution >= 0.6 is 11.6 Å². The van der Waals surface area contributed by atoms with Gasteiger partial charge in [0.25, 0.3) is 0 Å². The summed E-state index contributed by atoms with van der Waals surface area (Å²) in [5, 5.41) is 0.525. The van der Waals surface area contributed by atoms with Crippen LogP contribution in [0, 0.1) is 5.92 Å². The lowest BCUT2D eigenvalue weighted by Crippen LogP contribution is -2.35. The highest BCUT2D eigenvalue weighted by Crippen LogP contribution is 2.37. The molecule has 0 N–H and O–H groups in total. The van der Waals surface area contributed by atoms with Crippen molar-refractivity contribution in [1.29, 1.82) is 0 Å². The molecule has 0 spiro atoms. The van der Waals surface area contributed by atoms with E-state index in [9.17, 15) is 0 Å². The Morgan fingerprint density at radius 2 is 1.93 bits per heavy atom. The molecule has 0 aromatic carbocycles. The zero-order valence-electron chi connectivity index (χ0n) is 8.36. The minimum atomic E-state index is 0.525. The van der Waals surface area contributed by atoms with E-state index in [0.717, 1.165) is 5.69 Å². The minimum Gasteiger partial charge on any atom is -0.377 e. The monoisotopic (exact) mass is 221 g/mol. The van der Waals surface area contributed by atoms with E-state index in [4.69, 9.17) is 11.6 Å². The lowest BCUT2D eigenvalue weighted by molar-refractivity contribution is 0.252. The highest BCUT2D eigenvalue weighted by molar-refractivity contribution is 6.30. The van der Waals surface area contributed by atoms with Crippen LogP contribution < -0.4 is 0 Å². The molecule has 2 bridgehead atoms. The average molecular weight is 222 g/mol. The summed E-state index contributed by atoms with van der Waals surface area (Å²) in [4.78, 5) is 10.8. The molecule has 1 fully saturated rings. The topological polar surface area (TPSA) is 29.0 Å². The Bertz CT molecular complexity index is 408. The highest BCUT2D eigenvalue weighted by Gasteiger charge is 2.29. The van der Waals surface area contributed by atoms with Gasteiger partial charge in [-0.15, -0.1) is 0 Å². The smallest absolute Gasteiger partial charge is 0.154 e. The van der Waals surface area contributed by atoms with Gasteiger partial charge in [0.1, 0.15) is 5.69 Å². The maximum Gasteiger partial charge on any atom is 0.154 e. The zero-order chi connectivity index (χ0) is 10.3. The third-order valence-electron chi connectivity index (χ3n) is 3.22. The number of hydrogen-bond donors (Lipinski definition) is 0. The van der Waals surface area contributed by atoms with E-state index in [1.54, 1.807) is 12.4 Å². The second-order valence-electron chi connectivity index (χ2n) is 4.09. The van der Waals surface area contributed by atoms with Crippen molar-refractivity contribution in [1.82, 2.24) is 14.9 Å². The van der Waals surface area contributed by atoms with Crippen LogP contribution in [-0.4, -0.2) is 28.0 Å². The van der Waals surface area contributed by atoms with Gasteiger partial charge in [-0.1, -0.05) is 11.6 Å². The SMILES string of the molecule is Clc1nccnc1C1=CN2CCC1CC2. The molecule has 78 valence electrons. The molecule has 4 rings (SSSR count). The van der Waals surface area contributed by atoms with Crippen molar-refractivity contribution in [2.75, 3.05) is 13.1 Å². The first-order valence-electron chi connectivity index (χ1n) is 5.27. The first-order valence-corrected chi connectivity index (χ1v) is 5.65. The second-order valence-corrected chi connectivity index (χ2v) is 4.45. The van der Waals surface area contributed by atoms with Crippen LogP contribution in [0.5, 0.6) is 0 Å². The van der Waals surface area contributed by atoms with Crippen molar-refractivity contribution in [3.8, 4) is 0 Å². The molecule has 1 aromatic rings. The van der Waals surface area contributed by atoms with E-state index in [2.05, 4.69) is 21.1 Å². The van der Waals surface area contributed by atoms with E-state index in [1.807, 2.05) is 0 Å². The number of aromatic nitrogens is 2. The Balaban J connectivity index is 2.04. The van der Waals surface area contributed by atoms with Crippen molar-refractivity contribution in [3.63, 3.8) is 0 Å². The molecule has 0 atom stereocenters. The highest BCUT2D eigenvalue weighted by atomic mass is 35.5. The summed E-state index contributed by atoms with van der Waals surface area (Å²) in [6, 6.07) is 0. The molecule has 1 aromatic heterocycles. The van der Waals surface area contributed by atoms with Crippen LogP contribution in [0.2, 0.25) is 5.15 Å². The molecule has 0 radical (unpaired) electrons. The van der Waals surface area contributed by atoms with Gasteiger partial charge in [0.05, 0.1) is 0 Å². The van der Waals surface area contributed by atoms with Crippen LogP contribution in [0.25, 0.3) is 5.57 Å². The van der Waals surface area contributed by atoms with Gasteiger partial charge in [0, 0.05) is 31.7 Å². The molecular weight excluding hydrogens is 210 g/mol. The summed E-state index contributed by atoms with van der Waals surface area (Å²) in [5.41, 5.74) is 2.14. The summed E-state index contributed by atoms with van der Waals surface area (Å²) >= 11 is 6.06. The third-order valence-corrected chi connectivity index (χ3v) is 3.49. The molecular formula is C11H12ClN3. The van der Waals surface area contributed by atoms with Crippen molar-refractivity contribution in [2.24, 2.45) is 5.92 Å². The molecule has 3 aliphatic heterocycles. The molecule has 15 heavy (non-hydrogen) atoms. The van der Waals surface area contributed by atoms with Crippen LogP contribution in [-0.2, 0) is 0 Å². The predicted octanol–water partition coefficient (Wildman–Crippen LogP) is 2.20. The van der Waals surface area contributed by atoms with Crippen LogP contribution in [0.1, 0.15) is 18.5 Å². The summed E-state index contributed by atoms with van der Waals surface area (Å²) in [6.45, 7) is 2.35. The number of hydrogen-bond acceptors (Lipinski definition) is 3. The Morgan fingerprint density at radius 3 is 2.53 bits per heavy atom. The summed E-state index contributed by atoms with van der Waals surface area (Å²) in [6.07, 6.45) is 7.98. The molecule has 4 heteroatoms. The van der Waals surface area contributed by atoms with Gasteiger partial charge in [-0.05, 0) is 24.3 Å². The van der Waals surface area contributed by atoms with Gasteiger partial charge in [-0.2, -0.15) is 0 Å². The molecule has 0 amide bonds. The number of piperidine rings is 1. The predicted molar refractivity (Wildman–Crippen MR) is 59.3 cm³/mol. The number of halogens is 1. The molecule has 0 unspecified atom stereocenters. The normalized spacial score (nSPS) is 20.6. The maximum absolute atomic E-state index is 6.06. The van der Waals surface area contributed by atoms with Gasteiger partial charge in [-0.25, -0.2) is 4.98 Å². The first kappa shape index (κ1) is 9.16. The Kier molecular flexibility index (Phi) is 2.13. The van der Waals surface area contributed by atoms with Gasteiger partial charge >= 0.3 is 0 Å². The fourth-order valence-corrected chi connectivity index (χ4v) is 2.63. The molecule has 3 nitrogen and oxygen atoms in total. The first-order chi connectivity index (χ1) is 7.34. The van der Waals surface area contributed by atoms with Gasteiger partial charge in [0.15, 0.2) is 5.15 Å². The minimum absolute atomic E-state index is 0.525. The lowest BCUT2D eigenvalue weighted by Gasteiger charge is -2.38. The molecule has 4 heterocycles. The summed E-state index contributed by atoms with van der Waals surface area (Å²) in [7, 11) is 0. The maximum atomic E-state index is 6.06.